The maximum atomic E-state index is 13.1. The Morgan fingerprint density at radius 1 is 1.14 bits per heavy atom. The van der Waals surface area contributed by atoms with Crippen molar-refractivity contribution in [2.75, 3.05) is 19.7 Å². The number of rotatable bonds is 5. The highest BCUT2D eigenvalue weighted by Gasteiger charge is 2.32. The summed E-state index contributed by atoms with van der Waals surface area (Å²) in [7, 11) is 0. The van der Waals surface area contributed by atoms with Crippen LogP contribution in [0, 0.1) is 19.8 Å². The van der Waals surface area contributed by atoms with Crippen molar-refractivity contribution in [3.8, 4) is 0 Å². The zero-order valence-electron chi connectivity index (χ0n) is 17.1. The van der Waals surface area contributed by atoms with Gasteiger partial charge >= 0.3 is 5.97 Å². The highest BCUT2D eigenvalue weighted by atomic mass is 16.5. The Hall–Kier alpha value is -2.31. The molecule has 0 aromatic carbocycles. The van der Waals surface area contributed by atoms with Gasteiger partial charge in [0.05, 0.1) is 18.1 Å². The summed E-state index contributed by atoms with van der Waals surface area (Å²) in [4.78, 5) is 42.7. The molecule has 1 saturated carbocycles. The summed E-state index contributed by atoms with van der Waals surface area (Å²) in [5.74, 6) is -0.676. The van der Waals surface area contributed by atoms with Crippen LogP contribution in [0.2, 0.25) is 0 Å². The average molecular weight is 389 g/mol. The molecule has 0 spiro atoms. The maximum Gasteiger partial charge on any atom is 0.340 e. The SMILES string of the molecule is CCOC(=O)c1c(C)[nH]c(C(=O)N2CCC[C@@H](C(=O)NC3CCCC3)C2)c1C. The molecule has 7 heteroatoms. The predicted molar refractivity (Wildman–Crippen MR) is 105 cm³/mol. The smallest absolute Gasteiger partial charge is 0.340 e. The van der Waals surface area contributed by atoms with Gasteiger partial charge in [-0.3, -0.25) is 9.59 Å². The van der Waals surface area contributed by atoms with E-state index < -0.39 is 5.97 Å². The predicted octanol–water partition coefficient (Wildman–Crippen LogP) is 2.72. The first-order valence-electron chi connectivity index (χ1n) is 10.4. The number of carbonyl (C=O) groups excluding carboxylic acids is 3. The quantitative estimate of drug-likeness (QED) is 0.758. The number of H-pyrrole nitrogens is 1. The van der Waals surface area contributed by atoms with Crippen molar-refractivity contribution in [1.29, 1.82) is 0 Å². The van der Waals surface area contributed by atoms with Crippen LogP contribution in [0.25, 0.3) is 0 Å². The number of hydrogen-bond acceptors (Lipinski definition) is 4. The largest absolute Gasteiger partial charge is 0.462 e. The Kier molecular flexibility index (Phi) is 6.42. The minimum Gasteiger partial charge on any atom is -0.462 e. The molecular formula is C21H31N3O4. The molecule has 7 nitrogen and oxygen atoms in total. The second kappa shape index (κ2) is 8.80. The highest BCUT2D eigenvalue weighted by Crippen LogP contribution is 2.25. The number of hydrogen-bond donors (Lipinski definition) is 2. The minimum absolute atomic E-state index is 0.0657. The molecule has 0 radical (unpaired) electrons. The van der Waals surface area contributed by atoms with Gasteiger partial charge in [-0.15, -0.1) is 0 Å². The standard InChI is InChI=1S/C21H31N3O4/c1-4-28-21(27)17-13(2)18(22-14(17)3)20(26)24-11-7-8-15(12-24)19(25)23-16-9-5-6-10-16/h15-16,22H,4-12H2,1-3H3,(H,23,25)/t15-/m1/s1. The number of likely N-dealkylation sites (tertiary alicyclic amines) is 1. The van der Waals surface area contributed by atoms with Crippen LogP contribution in [0.3, 0.4) is 0 Å². The second-order valence-corrected chi connectivity index (χ2v) is 7.93. The van der Waals surface area contributed by atoms with Crippen LogP contribution in [0.5, 0.6) is 0 Å². The molecule has 3 rings (SSSR count). The van der Waals surface area contributed by atoms with Crippen molar-refractivity contribution < 1.29 is 19.1 Å². The minimum atomic E-state index is -0.416. The normalized spacial score (nSPS) is 20.2. The van der Waals surface area contributed by atoms with Gasteiger partial charge in [-0.25, -0.2) is 4.79 Å². The van der Waals surface area contributed by atoms with Crippen molar-refractivity contribution in [1.82, 2.24) is 15.2 Å². The monoisotopic (exact) mass is 389 g/mol. The lowest BCUT2D eigenvalue weighted by Crippen LogP contribution is -2.47. The second-order valence-electron chi connectivity index (χ2n) is 7.93. The molecule has 1 aliphatic heterocycles. The summed E-state index contributed by atoms with van der Waals surface area (Å²) in [5, 5.41) is 3.16. The molecular weight excluding hydrogens is 358 g/mol. The van der Waals surface area contributed by atoms with Gasteiger partial charge in [0.2, 0.25) is 5.91 Å². The Morgan fingerprint density at radius 3 is 2.54 bits per heavy atom. The van der Waals surface area contributed by atoms with E-state index in [1.807, 2.05) is 0 Å². The van der Waals surface area contributed by atoms with Gasteiger partial charge < -0.3 is 19.9 Å². The average Bonchev–Trinajstić information content (AvgIpc) is 3.29. The summed E-state index contributed by atoms with van der Waals surface area (Å²) in [6, 6.07) is 0.291. The number of piperidine rings is 1. The molecule has 1 aliphatic carbocycles. The van der Waals surface area contributed by atoms with Gasteiger partial charge in [-0.2, -0.15) is 0 Å². The van der Waals surface area contributed by atoms with E-state index in [1.54, 1.807) is 25.7 Å². The topological polar surface area (TPSA) is 91.5 Å². The lowest BCUT2D eigenvalue weighted by Gasteiger charge is -2.32. The van der Waals surface area contributed by atoms with E-state index in [0.717, 1.165) is 25.7 Å². The van der Waals surface area contributed by atoms with Gasteiger partial charge in [0.25, 0.3) is 5.91 Å². The van der Waals surface area contributed by atoms with Crippen LogP contribution < -0.4 is 5.32 Å². The van der Waals surface area contributed by atoms with E-state index in [1.165, 1.54) is 12.8 Å². The number of nitrogens with one attached hydrogen (secondary N) is 2. The molecule has 1 atom stereocenters. The highest BCUT2D eigenvalue weighted by molar-refractivity contribution is 6.00. The first-order valence-corrected chi connectivity index (χ1v) is 10.4. The lowest BCUT2D eigenvalue weighted by molar-refractivity contribution is -0.127. The van der Waals surface area contributed by atoms with Crippen molar-refractivity contribution in [2.45, 2.75) is 65.3 Å². The van der Waals surface area contributed by atoms with Crippen LogP contribution in [-0.2, 0) is 9.53 Å². The van der Waals surface area contributed by atoms with Gasteiger partial charge in [-0.05, 0) is 52.0 Å². The molecule has 28 heavy (non-hydrogen) atoms. The number of nitrogens with zero attached hydrogens (tertiary/aromatic N) is 1. The van der Waals surface area contributed by atoms with Crippen molar-refractivity contribution in [2.24, 2.45) is 5.92 Å². The van der Waals surface area contributed by atoms with E-state index in [9.17, 15) is 14.4 Å². The van der Waals surface area contributed by atoms with Crippen LogP contribution in [0.15, 0.2) is 0 Å². The zero-order valence-corrected chi connectivity index (χ0v) is 17.1. The lowest BCUT2D eigenvalue weighted by atomic mass is 9.96. The Labute approximate surface area is 166 Å². The molecule has 0 bridgehead atoms. The van der Waals surface area contributed by atoms with Crippen molar-refractivity contribution >= 4 is 17.8 Å². The third kappa shape index (κ3) is 4.23. The van der Waals surface area contributed by atoms with E-state index in [2.05, 4.69) is 10.3 Å². The van der Waals surface area contributed by atoms with Crippen LogP contribution in [0.1, 0.15) is 77.6 Å². The third-order valence-electron chi connectivity index (χ3n) is 5.91. The molecule has 0 unspecified atom stereocenters. The van der Waals surface area contributed by atoms with E-state index in [4.69, 9.17) is 4.74 Å². The number of ether oxygens (including phenoxy) is 1. The van der Waals surface area contributed by atoms with Crippen molar-refractivity contribution in [3.63, 3.8) is 0 Å². The van der Waals surface area contributed by atoms with E-state index >= 15 is 0 Å². The Balaban J connectivity index is 1.69. The molecule has 2 fully saturated rings. The number of carbonyl (C=O) groups is 3. The summed E-state index contributed by atoms with van der Waals surface area (Å²) in [6.07, 6.45) is 6.07. The number of aromatic amines is 1. The van der Waals surface area contributed by atoms with E-state index in [0.29, 0.717) is 41.6 Å². The summed E-state index contributed by atoms with van der Waals surface area (Å²) < 4.78 is 5.10. The molecule has 1 aromatic rings. The molecule has 2 heterocycles. The van der Waals surface area contributed by atoms with Gasteiger partial charge in [0.1, 0.15) is 5.69 Å². The van der Waals surface area contributed by atoms with Crippen molar-refractivity contribution in [3.05, 3.63) is 22.5 Å². The first kappa shape index (κ1) is 20.4. The number of aromatic nitrogens is 1. The molecule has 1 aromatic heterocycles. The van der Waals surface area contributed by atoms with Gasteiger partial charge in [-0.1, -0.05) is 12.8 Å². The van der Waals surface area contributed by atoms with Gasteiger partial charge in [0, 0.05) is 24.8 Å². The molecule has 154 valence electrons. The fraction of sp³-hybridized carbons (Fsp3) is 0.667. The Bertz CT molecular complexity index is 749. The van der Waals surface area contributed by atoms with Crippen LogP contribution in [0.4, 0.5) is 0 Å². The van der Waals surface area contributed by atoms with E-state index in [-0.39, 0.29) is 24.3 Å². The summed E-state index contributed by atoms with van der Waals surface area (Å²) >= 11 is 0. The van der Waals surface area contributed by atoms with Crippen LogP contribution >= 0.6 is 0 Å². The molecule has 2 amide bonds. The third-order valence-corrected chi connectivity index (χ3v) is 5.91. The summed E-state index contributed by atoms with van der Waals surface area (Å²) in [5.41, 5.74) is 2.08. The molecule has 1 saturated heterocycles. The number of amides is 2. The fourth-order valence-electron chi connectivity index (χ4n) is 4.40. The molecule has 2 N–H and O–H groups in total. The Morgan fingerprint density at radius 2 is 1.86 bits per heavy atom. The number of esters is 1. The summed E-state index contributed by atoms with van der Waals surface area (Å²) in [6.45, 7) is 6.62. The van der Waals surface area contributed by atoms with Gasteiger partial charge in [0.15, 0.2) is 0 Å². The molecule has 2 aliphatic rings. The number of aryl methyl sites for hydroxylation is 1. The zero-order chi connectivity index (χ0) is 20.3. The van der Waals surface area contributed by atoms with Crippen LogP contribution in [-0.4, -0.2) is 53.4 Å². The maximum absolute atomic E-state index is 13.1. The fourth-order valence-corrected chi connectivity index (χ4v) is 4.40. The first-order chi connectivity index (χ1) is 13.4.